The van der Waals surface area contributed by atoms with E-state index in [1.54, 1.807) is 0 Å². The number of fused-ring (bicyclic) bond motifs is 4. The van der Waals surface area contributed by atoms with Gasteiger partial charge >= 0.3 is 0 Å². The third kappa shape index (κ3) is 9.37. The van der Waals surface area contributed by atoms with Crippen molar-refractivity contribution < 1.29 is 29.2 Å². The third-order valence-electron chi connectivity index (χ3n) is 14.2. The SMILES string of the molecule is Oc1c(-c2ccccc2)cc2ccccc2c1-c1c(OCCOCCOCCOc2c(-c3ccccc3)cc3ccccc3c2-c2c(O)c(-c3ccccc3)cc3ccccc23)c(-c2ccccc2)cc2ccccc12. The second kappa shape index (κ2) is 21.7. The molecule has 0 saturated heterocycles. The fraction of sp³-hybridized carbons (Fsp3) is 0.0857. The first-order valence-corrected chi connectivity index (χ1v) is 25.8. The topological polar surface area (TPSA) is 77.4 Å². The van der Waals surface area contributed by atoms with Gasteiger partial charge in [0.25, 0.3) is 0 Å². The van der Waals surface area contributed by atoms with E-state index in [0.29, 0.717) is 37.9 Å². The average molecular weight is 991 g/mol. The molecule has 0 bridgehead atoms. The highest BCUT2D eigenvalue weighted by Gasteiger charge is 2.26. The van der Waals surface area contributed by atoms with E-state index >= 15 is 0 Å². The summed E-state index contributed by atoms with van der Waals surface area (Å²) in [5, 5.41) is 32.9. The standard InChI is InChI=1S/C70H54O6/c71-67-59(47-21-5-1-6-22-47)43-51-29-13-17-33-55(51)63(67)65-57-35-19-15-31-53(57)45-61(49-25-9-3-10-26-49)69(65)75-41-39-73-37-38-74-40-42-76-70-62(50-27-11-4-12-28-50)46-54-32-16-20-36-58(54)66(70)64-56-34-18-14-30-52(56)44-60(68(64)72)48-23-7-2-8-24-48/h1-36,43-46,71-72H,37-42H2. The molecular weight excluding hydrogens is 937 g/mol. The van der Waals surface area contributed by atoms with Gasteiger partial charge in [0.1, 0.15) is 36.2 Å². The summed E-state index contributed by atoms with van der Waals surface area (Å²) in [4.78, 5) is 0. The Labute approximate surface area is 442 Å². The van der Waals surface area contributed by atoms with Crippen LogP contribution in [-0.4, -0.2) is 49.9 Å². The van der Waals surface area contributed by atoms with Gasteiger partial charge in [-0.2, -0.15) is 0 Å². The van der Waals surface area contributed by atoms with Gasteiger partial charge in [-0.15, -0.1) is 0 Å². The number of phenols is 2. The largest absolute Gasteiger partial charge is 0.507 e. The Balaban J connectivity index is 0.802. The van der Waals surface area contributed by atoms with Gasteiger partial charge in [0.15, 0.2) is 0 Å². The molecule has 0 fully saturated rings. The summed E-state index contributed by atoms with van der Waals surface area (Å²) >= 11 is 0. The maximum absolute atomic E-state index is 12.5. The first-order chi connectivity index (χ1) is 37.6. The number of aromatic hydroxyl groups is 2. The molecule has 0 radical (unpaired) electrons. The molecule has 0 saturated carbocycles. The molecule has 2 N–H and O–H groups in total. The second-order valence-corrected chi connectivity index (χ2v) is 18.8. The maximum atomic E-state index is 12.5. The van der Waals surface area contributed by atoms with Crippen LogP contribution in [-0.2, 0) is 9.47 Å². The van der Waals surface area contributed by atoms with Gasteiger partial charge in [-0.25, -0.2) is 0 Å². The van der Waals surface area contributed by atoms with E-state index in [1.807, 2.05) is 146 Å². The van der Waals surface area contributed by atoms with Crippen LogP contribution in [0.25, 0.3) is 110 Å². The van der Waals surface area contributed by atoms with Crippen LogP contribution in [0.2, 0.25) is 0 Å². The zero-order valence-corrected chi connectivity index (χ0v) is 41.9. The van der Waals surface area contributed by atoms with Crippen molar-refractivity contribution in [3.63, 3.8) is 0 Å². The molecule has 12 aromatic carbocycles. The Hall–Kier alpha value is -9.20. The first-order valence-electron chi connectivity index (χ1n) is 25.8. The van der Waals surface area contributed by atoms with E-state index in [9.17, 15) is 10.2 Å². The van der Waals surface area contributed by atoms with Crippen LogP contribution in [0.5, 0.6) is 23.0 Å². The van der Waals surface area contributed by atoms with E-state index in [0.717, 1.165) is 110 Å². The van der Waals surface area contributed by atoms with Crippen LogP contribution in [0.1, 0.15) is 0 Å². The van der Waals surface area contributed by atoms with Gasteiger partial charge in [-0.05, 0) is 89.6 Å². The molecule has 370 valence electrons. The van der Waals surface area contributed by atoms with Crippen LogP contribution < -0.4 is 9.47 Å². The predicted octanol–water partition coefficient (Wildman–Crippen LogP) is 17.2. The van der Waals surface area contributed by atoms with E-state index in [1.165, 1.54) is 0 Å². The molecule has 6 heteroatoms. The molecule has 0 spiro atoms. The number of ether oxygens (including phenoxy) is 4. The van der Waals surface area contributed by atoms with Crippen molar-refractivity contribution in [2.45, 2.75) is 0 Å². The monoisotopic (exact) mass is 990 g/mol. The molecule has 0 heterocycles. The fourth-order valence-corrected chi connectivity index (χ4v) is 10.7. The van der Waals surface area contributed by atoms with Gasteiger partial charge < -0.3 is 29.2 Å². The van der Waals surface area contributed by atoms with E-state index in [2.05, 4.69) is 97.1 Å². The predicted molar refractivity (Wildman–Crippen MR) is 311 cm³/mol. The Bertz CT molecular complexity index is 3750. The molecule has 12 rings (SSSR count). The van der Waals surface area contributed by atoms with E-state index < -0.39 is 0 Å². The average Bonchev–Trinajstić information content (AvgIpc) is 3.48. The number of hydrogen-bond donors (Lipinski definition) is 2. The lowest BCUT2D eigenvalue weighted by Gasteiger charge is -2.22. The lowest BCUT2D eigenvalue weighted by Crippen LogP contribution is -2.14. The highest BCUT2D eigenvalue weighted by Crippen LogP contribution is 2.54. The summed E-state index contributed by atoms with van der Waals surface area (Å²) in [6.45, 7) is 1.80. The molecule has 0 atom stereocenters. The normalized spacial score (nSPS) is 11.4. The van der Waals surface area contributed by atoms with Crippen LogP contribution in [0.3, 0.4) is 0 Å². The smallest absolute Gasteiger partial charge is 0.135 e. The van der Waals surface area contributed by atoms with Crippen LogP contribution in [0, 0.1) is 0 Å². The van der Waals surface area contributed by atoms with Gasteiger partial charge in [0.2, 0.25) is 0 Å². The summed E-state index contributed by atoms with van der Waals surface area (Å²) in [6.07, 6.45) is 0. The Kier molecular flexibility index (Phi) is 13.7. The molecule has 12 aromatic rings. The van der Waals surface area contributed by atoms with Crippen molar-refractivity contribution in [1.82, 2.24) is 0 Å². The van der Waals surface area contributed by atoms with Gasteiger partial charge in [0, 0.05) is 44.5 Å². The molecule has 0 unspecified atom stereocenters. The first kappa shape index (κ1) is 47.8. The fourth-order valence-electron chi connectivity index (χ4n) is 10.7. The van der Waals surface area contributed by atoms with Crippen molar-refractivity contribution in [3.8, 4) is 89.8 Å². The minimum Gasteiger partial charge on any atom is -0.507 e. The highest BCUT2D eigenvalue weighted by atomic mass is 16.6. The Morgan fingerprint density at radius 2 is 0.500 bits per heavy atom. The van der Waals surface area contributed by atoms with Crippen molar-refractivity contribution in [2.24, 2.45) is 0 Å². The number of hydrogen-bond acceptors (Lipinski definition) is 6. The quantitative estimate of drug-likeness (QED) is 0.0885. The van der Waals surface area contributed by atoms with Crippen molar-refractivity contribution in [1.29, 1.82) is 0 Å². The molecule has 0 aliphatic carbocycles. The lowest BCUT2D eigenvalue weighted by molar-refractivity contribution is 0.0276. The third-order valence-corrected chi connectivity index (χ3v) is 14.2. The van der Waals surface area contributed by atoms with Gasteiger partial charge in [-0.1, -0.05) is 218 Å². The number of rotatable bonds is 17. The molecule has 6 nitrogen and oxygen atoms in total. The van der Waals surface area contributed by atoms with Crippen LogP contribution >= 0.6 is 0 Å². The summed E-state index contributed by atoms with van der Waals surface area (Å²) in [7, 11) is 0. The van der Waals surface area contributed by atoms with E-state index in [-0.39, 0.29) is 24.7 Å². The zero-order chi connectivity index (χ0) is 51.2. The molecule has 0 amide bonds. The Morgan fingerprint density at radius 1 is 0.250 bits per heavy atom. The molecular formula is C70H54O6. The van der Waals surface area contributed by atoms with Gasteiger partial charge in [-0.3, -0.25) is 0 Å². The van der Waals surface area contributed by atoms with Crippen LogP contribution in [0.15, 0.2) is 243 Å². The molecule has 0 aliphatic rings. The highest BCUT2D eigenvalue weighted by molar-refractivity contribution is 6.16. The van der Waals surface area contributed by atoms with Crippen LogP contribution in [0.4, 0.5) is 0 Å². The summed E-state index contributed by atoms with van der Waals surface area (Å²) in [5.41, 5.74) is 10.3. The summed E-state index contributed by atoms with van der Waals surface area (Å²) in [6, 6.07) is 82.1. The van der Waals surface area contributed by atoms with Crippen molar-refractivity contribution in [2.75, 3.05) is 39.6 Å². The van der Waals surface area contributed by atoms with Gasteiger partial charge in [0.05, 0.1) is 26.4 Å². The number of benzene rings is 12. The minimum absolute atomic E-state index is 0.194. The van der Waals surface area contributed by atoms with Crippen molar-refractivity contribution in [3.05, 3.63) is 243 Å². The molecule has 76 heavy (non-hydrogen) atoms. The zero-order valence-electron chi connectivity index (χ0n) is 41.9. The maximum Gasteiger partial charge on any atom is 0.135 e. The Morgan fingerprint density at radius 3 is 0.829 bits per heavy atom. The molecule has 0 aromatic heterocycles. The van der Waals surface area contributed by atoms with E-state index in [4.69, 9.17) is 18.9 Å². The minimum atomic E-state index is 0.194. The lowest BCUT2D eigenvalue weighted by atomic mass is 9.86. The summed E-state index contributed by atoms with van der Waals surface area (Å²) in [5.74, 6) is 1.73. The van der Waals surface area contributed by atoms with Crippen molar-refractivity contribution >= 4 is 43.1 Å². The number of phenolic OH excluding ortho intramolecular Hbond substituents is 2. The second-order valence-electron chi connectivity index (χ2n) is 18.8. The molecule has 0 aliphatic heterocycles. The summed E-state index contributed by atoms with van der Waals surface area (Å²) < 4.78 is 26.2.